The highest BCUT2D eigenvalue weighted by Gasteiger charge is 2.25. The summed E-state index contributed by atoms with van der Waals surface area (Å²) in [5.74, 6) is 0.107. The SMILES string of the molecule is CCNCC(Cc1cccc(Cl)c1F)C(C)(C)C. The van der Waals surface area contributed by atoms with E-state index in [2.05, 4.69) is 33.0 Å². The fourth-order valence-corrected chi connectivity index (χ4v) is 2.17. The fourth-order valence-electron chi connectivity index (χ4n) is 1.97. The molecule has 0 aliphatic heterocycles. The van der Waals surface area contributed by atoms with Crippen molar-refractivity contribution in [2.45, 2.75) is 34.1 Å². The third-order valence-corrected chi connectivity index (χ3v) is 3.66. The van der Waals surface area contributed by atoms with E-state index in [1.54, 1.807) is 6.07 Å². The van der Waals surface area contributed by atoms with Crippen molar-refractivity contribution in [1.29, 1.82) is 0 Å². The lowest BCUT2D eigenvalue weighted by Gasteiger charge is -2.31. The van der Waals surface area contributed by atoms with Crippen molar-refractivity contribution < 1.29 is 4.39 Å². The lowest BCUT2D eigenvalue weighted by atomic mass is 9.77. The molecule has 0 saturated carbocycles. The van der Waals surface area contributed by atoms with Gasteiger partial charge in [0, 0.05) is 0 Å². The topological polar surface area (TPSA) is 12.0 Å². The van der Waals surface area contributed by atoms with E-state index in [9.17, 15) is 4.39 Å². The van der Waals surface area contributed by atoms with Crippen LogP contribution in [0.15, 0.2) is 18.2 Å². The highest BCUT2D eigenvalue weighted by atomic mass is 35.5. The van der Waals surface area contributed by atoms with Crippen LogP contribution < -0.4 is 5.32 Å². The molecule has 102 valence electrons. The van der Waals surface area contributed by atoms with Crippen molar-refractivity contribution >= 4 is 11.6 Å². The molecular weight excluding hydrogens is 249 g/mol. The molecule has 0 amide bonds. The third-order valence-electron chi connectivity index (χ3n) is 3.36. The smallest absolute Gasteiger partial charge is 0.144 e. The van der Waals surface area contributed by atoms with Gasteiger partial charge in [0.05, 0.1) is 5.02 Å². The molecule has 0 spiro atoms. The van der Waals surface area contributed by atoms with E-state index in [4.69, 9.17) is 11.6 Å². The van der Waals surface area contributed by atoms with Gasteiger partial charge in [0.2, 0.25) is 0 Å². The largest absolute Gasteiger partial charge is 0.317 e. The first-order chi connectivity index (χ1) is 8.36. The van der Waals surface area contributed by atoms with Crippen molar-refractivity contribution in [1.82, 2.24) is 5.32 Å². The fraction of sp³-hybridized carbons (Fsp3) is 0.600. The van der Waals surface area contributed by atoms with Crippen LogP contribution in [0.1, 0.15) is 33.3 Å². The van der Waals surface area contributed by atoms with Crippen LogP contribution in [-0.2, 0) is 6.42 Å². The summed E-state index contributed by atoms with van der Waals surface area (Å²) in [5.41, 5.74) is 0.844. The lowest BCUT2D eigenvalue weighted by molar-refractivity contribution is 0.230. The number of hydrogen-bond acceptors (Lipinski definition) is 1. The molecular formula is C15H23ClFN. The molecule has 0 radical (unpaired) electrons. The molecule has 1 nitrogen and oxygen atoms in total. The van der Waals surface area contributed by atoms with Gasteiger partial charge in [-0.1, -0.05) is 51.4 Å². The molecule has 0 aliphatic carbocycles. The van der Waals surface area contributed by atoms with E-state index in [-0.39, 0.29) is 16.3 Å². The van der Waals surface area contributed by atoms with Crippen molar-refractivity contribution in [3.63, 3.8) is 0 Å². The van der Waals surface area contributed by atoms with Gasteiger partial charge >= 0.3 is 0 Å². The van der Waals surface area contributed by atoms with Crippen LogP contribution in [0.4, 0.5) is 4.39 Å². The van der Waals surface area contributed by atoms with E-state index in [1.165, 1.54) is 0 Å². The van der Waals surface area contributed by atoms with E-state index in [0.29, 0.717) is 17.9 Å². The molecule has 0 saturated heterocycles. The number of rotatable bonds is 5. The van der Waals surface area contributed by atoms with Crippen molar-refractivity contribution in [3.8, 4) is 0 Å². The molecule has 1 aromatic rings. The van der Waals surface area contributed by atoms with Gasteiger partial charge in [-0.3, -0.25) is 0 Å². The van der Waals surface area contributed by atoms with Crippen molar-refractivity contribution in [2.75, 3.05) is 13.1 Å². The standard InChI is InChI=1S/C15H23ClFN/c1-5-18-10-12(15(2,3)4)9-11-7-6-8-13(16)14(11)17/h6-8,12,18H,5,9-10H2,1-4H3. The van der Waals surface area contributed by atoms with Crippen LogP contribution in [-0.4, -0.2) is 13.1 Å². The maximum Gasteiger partial charge on any atom is 0.144 e. The molecule has 0 heterocycles. The van der Waals surface area contributed by atoms with Crippen LogP contribution >= 0.6 is 11.6 Å². The highest BCUT2D eigenvalue weighted by Crippen LogP contribution is 2.30. The summed E-state index contributed by atoms with van der Waals surface area (Å²) in [6.45, 7) is 10.5. The Bertz CT molecular complexity index is 385. The minimum absolute atomic E-state index is 0.136. The summed E-state index contributed by atoms with van der Waals surface area (Å²) in [7, 11) is 0. The summed E-state index contributed by atoms with van der Waals surface area (Å²) >= 11 is 5.83. The van der Waals surface area contributed by atoms with Crippen LogP contribution in [0.25, 0.3) is 0 Å². The molecule has 1 N–H and O–H groups in total. The lowest BCUT2D eigenvalue weighted by Crippen LogP contribution is -2.33. The Morgan fingerprint density at radius 1 is 1.33 bits per heavy atom. The first-order valence-electron chi connectivity index (χ1n) is 6.49. The number of hydrogen-bond donors (Lipinski definition) is 1. The molecule has 0 bridgehead atoms. The van der Waals surface area contributed by atoms with Gasteiger partial charge in [0.25, 0.3) is 0 Å². The summed E-state index contributed by atoms with van der Waals surface area (Å²) in [6, 6.07) is 5.23. The first-order valence-corrected chi connectivity index (χ1v) is 6.87. The second-order valence-electron chi connectivity index (χ2n) is 5.79. The average molecular weight is 272 g/mol. The molecule has 1 unspecified atom stereocenters. The maximum atomic E-state index is 13.9. The van der Waals surface area contributed by atoms with Gasteiger partial charge in [0.1, 0.15) is 5.82 Å². The second-order valence-corrected chi connectivity index (χ2v) is 6.19. The predicted molar refractivity (Wildman–Crippen MR) is 76.6 cm³/mol. The molecule has 0 aliphatic rings. The Hall–Kier alpha value is -0.600. The molecule has 18 heavy (non-hydrogen) atoms. The first kappa shape index (κ1) is 15.5. The normalized spacial score (nSPS) is 13.7. The van der Waals surface area contributed by atoms with Crippen LogP contribution in [0.3, 0.4) is 0 Å². The van der Waals surface area contributed by atoms with Crippen LogP contribution in [0, 0.1) is 17.2 Å². The molecule has 1 atom stereocenters. The van der Waals surface area contributed by atoms with Gasteiger partial charge in [-0.25, -0.2) is 4.39 Å². The second kappa shape index (κ2) is 6.53. The number of nitrogens with one attached hydrogen (secondary N) is 1. The minimum Gasteiger partial charge on any atom is -0.317 e. The van der Waals surface area contributed by atoms with Gasteiger partial charge in [-0.15, -0.1) is 0 Å². The third kappa shape index (κ3) is 4.25. The predicted octanol–water partition coefficient (Wildman–Crippen LogP) is 4.29. The molecule has 0 fully saturated rings. The average Bonchev–Trinajstić information content (AvgIpc) is 2.28. The zero-order chi connectivity index (χ0) is 13.8. The summed E-state index contributed by atoms with van der Waals surface area (Å²) < 4.78 is 13.9. The van der Waals surface area contributed by atoms with Gasteiger partial charge in [-0.2, -0.15) is 0 Å². The molecule has 3 heteroatoms. The maximum absolute atomic E-state index is 13.9. The summed E-state index contributed by atoms with van der Waals surface area (Å²) in [6.07, 6.45) is 0.711. The highest BCUT2D eigenvalue weighted by molar-refractivity contribution is 6.30. The number of halogens is 2. The van der Waals surface area contributed by atoms with Crippen molar-refractivity contribution in [3.05, 3.63) is 34.6 Å². The van der Waals surface area contributed by atoms with E-state index in [1.807, 2.05) is 12.1 Å². The van der Waals surface area contributed by atoms with Gasteiger partial charge in [0.15, 0.2) is 0 Å². The molecule has 0 aromatic heterocycles. The summed E-state index contributed by atoms with van der Waals surface area (Å²) in [5, 5.41) is 3.57. The van der Waals surface area contributed by atoms with Gasteiger partial charge in [-0.05, 0) is 42.5 Å². The Labute approximate surface area is 115 Å². The van der Waals surface area contributed by atoms with E-state index < -0.39 is 0 Å². The number of benzene rings is 1. The Kier molecular flexibility index (Phi) is 5.61. The quantitative estimate of drug-likeness (QED) is 0.842. The van der Waals surface area contributed by atoms with E-state index in [0.717, 1.165) is 13.1 Å². The van der Waals surface area contributed by atoms with Crippen LogP contribution in [0.5, 0.6) is 0 Å². The minimum atomic E-state index is -0.273. The van der Waals surface area contributed by atoms with Crippen molar-refractivity contribution in [2.24, 2.45) is 11.3 Å². The monoisotopic (exact) mass is 271 g/mol. The molecule has 1 rings (SSSR count). The zero-order valence-electron chi connectivity index (χ0n) is 11.7. The molecule has 1 aromatic carbocycles. The van der Waals surface area contributed by atoms with E-state index >= 15 is 0 Å². The Balaban J connectivity index is 2.86. The van der Waals surface area contributed by atoms with Crippen LogP contribution in [0.2, 0.25) is 5.02 Å². The van der Waals surface area contributed by atoms with Gasteiger partial charge < -0.3 is 5.32 Å². The zero-order valence-corrected chi connectivity index (χ0v) is 12.4. The Morgan fingerprint density at radius 3 is 2.56 bits per heavy atom. The summed E-state index contributed by atoms with van der Waals surface area (Å²) in [4.78, 5) is 0. The Morgan fingerprint density at radius 2 is 2.00 bits per heavy atom.